The lowest BCUT2D eigenvalue weighted by molar-refractivity contribution is 0.282. The van der Waals surface area contributed by atoms with E-state index < -0.39 is 0 Å². The van der Waals surface area contributed by atoms with Gasteiger partial charge in [-0.1, -0.05) is 11.6 Å². The summed E-state index contributed by atoms with van der Waals surface area (Å²) in [6.45, 7) is 2.28. The topological polar surface area (TPSA) is 61.0 Å². The summed E-state index contributed by atoms with van der Waals surface area (Å²) in [7, 11) is 0. The van der Waals surface area contributed by atoms with E-state index >= 15 is 0 Å². The smallest absolute Gasteiger partial charge is 0.233 e. The number of hydrogen-bond acceptors (Lipinski definition) is 4. The third-order valence-corrected chi connectivity index (χ3v) is 1.30. The van der Waals surface area contributed by atoms with Gasteiger partial charge in [0.1, 0.15) is 6.61 Å². The molecule has 0 aliphatic heterocycles. The van der Waals surface area contributed by atoms with Gasteiger partial charge in [-0.25, -0.2) is 0 Å². The minimum atomic E-state index is -0.0116. The molecule has 2 N–H and O–H groups in total. The number of aromatic nitrogens is 2. The lowest BCUT2D eigenvalue weighted by Crippen LogP contribution is -2.23. The van der Waals surface area contributed by atoms with Crippen LogP contribution in [0.15, 0.2) is 12.1 Å². The molecule has 1 aromatic rings. The molecule has 12 heavy (non-hydrogen) atoms. The summed E-state index contributed by atoms with van der Waals surface area (Å²) in [6, 6.07) is 3.26. The van der Waals surface area contributed by atoms with Crippen molar-refractivity contribution in [2.24, 2.45) is 5.73 Å². The van der Waals surface area contributed by atoms with E-state index in [4.69, 9.17) is 22.1 Å². The Morgan fingerprint density at radius 1 is 1.58 bits per heavy atom. The Kier molecular flexibility index (Phi) is 3.25. The van der Waals surface area contributed by atoms with Crippen LogP contribution in [-0.2, 0) is 0 Å². The van der Waals surface area contributed by atoms with Gasteiger partial charge in [0.2, 0.25) is 5.88 Å². The SMILES string of the molecule is C[C@H](N)COc1ccc(Cl)nn1. The van der Waals surface area contributed by atoms with Crippen molar-refractivity contribution in [2.75, 3.05) is 6.61 Å². The predicted molar refractivity (Wildman–Crippen MR) is 46.2 cm³/mol. The molecule has 4 nitrogen and oxygen atoms in total. The van der Waals surface area contributed by atoms with Crippen LogP contribution in [0.2, 0.25) is 5.15 Å². The molecule has 1 heterocycles. The van der Waals surface area contributed by atoms with Crippen LogP contribution in [0.25, 0.3) is 0 Å². The zero-order chi connectivity index (χ0) is 8.97. The molecule has 1 atom stereocenters. The van der Waals surface area contributed by atoms with Crippen molar-refractivity contribution in [1.29, 1.82) is 0 Å². The van der Waals surface area contributed by atoms with Crippen LogP contribution in [0, 0.1) is 0 Å². The highest BCUT2D eigenvalue weighted by Crippen LogP contribution is 2.07. The molecule has 0 radical (unpaired) electrons. The van der Waals surface area contributed by atoms with E-state index in [1.807, 2.05) is 6.92 Å². The van der Waals surface area contributed by atoms with Crippen LogP contribution < -0.4 is 10.5 Å². The summed E-state index contributed by atoms with van der Waals surface area (Å²) in [4.78, 5) is 0. The number of nitrogens with two attached hydrogens (primary N) is 1. The van der Waals surface area contributed by atoms with Gasteiger partial charge in [0.15, 0.2) is 5.15 Å². The van der Waals surface area contributed by atoms with Crippen LogP contribution in [-0.4, -0.2) is 22.8 Å². The standard InChI is InChI=1S/C7H10ClN3O/c1-5(9)4-12-7-3-2-6(8)10-11-7/h2-3,5H,4,9H2,1H3/t5-/m0/s1. The Hall–Kier alpha value is -0.870. The molecule has 0 aliphatic carbocycles. The quantitative estimate of drug-likeness (QED) is 0.763. The molecule has 0 aliphatic rings. The van der Waals surface area contributed by atoms with Crippen LogP contribution in [0.5, 0.6) is 5.88 Å². The van der Waals surface area contributed by atoms with Gasteiger partial charge in [0.25, 0.3) is 0 Å². The van der Waals surface area contributed by atoms with Crippen LogP contribution in [0.3, 0.4) is 0 Å². The first-order valence-electron chi connectivity index (χ1n) is 3.56. The molecule has 0 aromatic carbocycles. The normalized spacial score (nSPS) is 12.6. The Morgan fingerprint density at radius 3 is 2.83 bits per heavy atom. The molecule has 66 valence electrons. The minimum Gasteiger partial charge on any atom is -0.475 e. The summed E-state index contributed by atoms with van der Waals surface area (Å²) in [5.41, 5.74) is 5.47. The molecule has 1 aromatic heterocycles. The number of nitrogens with zero attached hydrogens (tertiary/aromatic N) is 2. The van der Waals surface area contributed by atoms with Crippen molar-refractivity contribution in [3.8, 4) is 5.88 Å². The Bertz CT molecular complexity index is 237. The summed E-state index contributed by atoms with van der Waals surface area (Å²) in [5, 5.41) is 7.65. The van der Waals surface area contributed by atoms with Crippen LogP contribution >= 0.6 is 11.6 Å². The van der Waals surface area contributed by atoms with E-state index in [1.54, 1.807) is 12.1 Å². The summed E-state index contributed by atoms with van der Waals surface area (Å²) >= 11 is 5.52. The van der Waals surface area contributed by atoms with E-state index in [9.17, 15) is 0 Å². The van der Waals surface area contributed by atoms with E-state index in [-0.39, 0.29) is 6.04 Å². The van der Waals surface area contributed by atoms with E-state index in [2.05, 4.69) is 10.2 Å². The maximum absolute atomic E-state index is 5.52. The molecule has 0 spiro atoms. The van der Waals surface area contributed by atoms with E-state index in [0.29, 0.717) is 17.6 Å². The molecule has 0 saturated heterocycles. The third kappa shape index (κ3) is 3.02. The summed E-state index contributed by atoms with van der Waals surface area (Å²) in [6.07, 6.45) is 0. The fraction of sp³-hybridized carbons (Fsp3) is 0.429. The lowest BCUT2D eigenvalue weighted by Gasteiger charge is -2.06. The Balaban J connectivity index is 2.48. The van der Waals surface area contributed by atoms with Crippen LogP contribution in [0.1, 0.15) is 6.92 Å². The van der Waals surface area contributed by atoms with Crippen molar-refractivity contribution < 1.29 is 4.74 Å². The predicted octanol–water partition coefficient (Wildman–Crippen LogP) is 0.856. The first-order chi connectivity index (χ1) is 5.68. The van der Waals surface area contributed by atoms with Crippen molar-refractivity contribution in [3.63, 3.8) is 0 Å². The summed E-state index contributed by atoms with van der Waals surface area (Å²) < 4.78 is 5.17. The highest BCUT2D eigenvalue weighted by Gasteiger charge is 1.98. The van der Waals surface area contributed by atoms with Gasteiger partial charge in [0.05, 0.1) is 0 Å². The Labute approximate surface area is 75.7 Å². The molecule has 5 heteroatoms. The van der Waals surface area contributed by atoms with Gasteiger partial charge in [0, 0.05) is 12.1 Å². The average molecular weight is 188 g/mol. The van der Waals surface area contributed by atoms with Crippen molar-refractivity contribution >= 4 is 11.6 Å². The Morgan fingerprint density at radius 2 is 2.33 bits per heavy atom. The fourth-order valence-electron chi connectivity index (χ4n) is 0.598. The molecule has 0 unspecified atom stereocenters. The number of halogens is 1. The third-order valence-electron chi connectivity index (χ3n) is 1.10. The van der Waals surface area contributed by atoms with Crippen molar-refractivity contribution in [2.45, 2.75) is 13.0 Å². The summed E-state index contributed by atoms with van der Waals surface area (Å²) in [5.74, 6) is 0.441. The maximum Gasteiger partial charge on any atom is 0.233 e. The average Bonchev–Trinajstić information content (AvgIpc) is 2.03. The van der Waals surface area contributed by atoms with Crippen molar-refractivity contribution in [1.82, 2.24) is 10.2 Å². The molecule has 0 bridgehead atoms. The first-order valence-corrected chi connectivity index (χ1v) is 3.94. The highest BCUT2D eigenvalue weighted by molar-refractivity contribution is 6.29. The first kappa shape index (κ1) is 9.22. The zero-order valence-corrected chi connectivity index (χ0v) is 7.45. The van der Waals surface area contributed by atoms with Gasteiger partial charge in [-0.2, -0.15) is 0 Å². The van der Waals surface area contributed by atoms with Gasteiger partial charge in [-0.15, -0.1) is 10.2 Å². The zero-order valence-electron chi connectivity index (χ0n) is 6.70. The van der Waals surface area contributed by atoms with Crippen LogP contribution in [0.4, 0.5) is 0 Å². The maximum atomic E-state index is 5.52. The van der Waals surface area contributed by atoms with Gasteiger partial charge >= 0.3 is 0 Å². The highest BCUT2D eigenvalue weighted by atomic mass is 35.5. The van der Waals surface area contributed by atoms with E-state index in [1.165, 1.54) is 0 Å². The molecule has 0 fully saturated rings. The fourth-order valence-corrected chi connectivity index (χ4v) is 0.698. The number of ether oxygens (including phenoxy) is 1. The number of rotatable bonds is 3. The molecular weight excluding hydrogens is 178 g/mol. The van der Waals surface area contributed by atoms with E-state index in [0.717, 1.165) is 0 Å². The van der Waals surface area contributed by atoms with Gasteiger partial charge in [-0.3, -0.25) is 0 Å². The largest absolute Gasteiger partial charge is 0.475 e. The lowest BCUT2D eigenvalue weighted by atomic mass is 10.4. The molecule has 0 amide bonds. The van der Waals surface area contributed by atoms with Gasteiger partial charge in [-0.05, 0) is 13.0 Å². The molecule has 0 saturated carbocycles. The molecular formula is C7H10ClN3O. The van der Waals surface area contributed by atoms with Crippen molar-refractivity contribution in [3.05, 3.63) is 17.3 Å². The second-order valence-electron chi connectivity index (χ2n) is 2.48. The second kappa shape index (κ2) is 4.23. The molecule has 1 rings (SSSR count). The second-order valence-corrected chi connectivity index (χ2v) is 2.87. The number of hydrogen-bond donors (Lipinski definition) is 1. The van der Waals surface area contributed by atoms with Gasteiger partial charge < -0.3 is 10.5 Å². The minimum absolute atomic E-state index is 0.0116. The monoisotopic (exact) mass is 187 g/mol.